The minimum atomic E-state index is -0.481. The molecule has 24 heavy (non-hydrogen) atoms. The number of benzene rings is 2. The van der Waals surface area contributed by atoms with E-state index in [0.717, 1.165) is 0 Å². The average Bonchev–Trinajstić information content (AvgIpc) is 2.60. The molecule has 0 saturated heterocycles. The fourth-order valence-corrected chi connectivity index (χ4v) is 1.77. The number of nitrogens with zero attached hydrogens (tertiary/aromatic N) is 2. The lowest BCUT2D eigenvalue weighted by atomic mass is 10.2. The molecule has 122 valence electrons. The number of rotatable bonds is 7. The second-order valence-corrected chi connectivity index (χ2v) is 4.67. The van der Waals surface area contributed by atoms with Crippen LogP contribution in [0.15, 0.2) is 66.3 Å². The van der Waals surface area contributed by atoms with Crippen molar-refractivity contribution in [2.45, 2.75) is 0 Å². The first-order chi connectivity index (χ1) is 11.6. The standard InChI is InChI=1S/C17H15N3O4/c1-2-11-24-16-9-5-14(6-10-16)17(21)19-18-12-13-3-7-15(8-4-13)20(22)23/h2-10,12H,1,11H2,(H,19,21)/b18-12+. The maximum absolute atomic E-state index is 11.9. The van der Waals surface area contributed by atoms with E-state index in [4.69, 9.17) is 4.74 Å². The Morgan fingerprint density at radius 2 is 1.88 bits per heavy atom. The fraction of sp³-hybridized carbons (Fsp3) is 0.0588. The molecule has 0 aliphatic carbocycles. The molecule has 0 unspecified atom stereocenters. The Morgan fingerprint density at radius 3 is 2.46 bits per heavy atom. The van der Waals surface area contributed by atoms with Crippen molar-refractivity contribution in [3.63, 3.8) is 0 Å². The predicted molar refractivity (Wildman–Crippen MR) is 90.3 cm³/mol. The number of nitro benzene ring substituents is 1. The number of ether oxygens (including phenoxy) is 1. The lowest BCUT2D eigenvalue weighted by molar-refractivity contribution is -0.384. The lowest BCUT2D eigenvalue weighted by Gasteiger charge is -2.04. The molecule has 0 heterocycles. The van der Waals surface area contributed by atoms with E-state index in [-0.39, 0.29) is 11.6 Å². The van der Waals surface area contributed by atoms with Crippen molar-refractivity contribution in [3.05, 3.63) is 82.4 Å². The maximum atomic E-state index is 11.9. The molecule has 1 N–H and O–H groups in total. The van der Waals surface area contributed by atoms with Gasteiger partial charge in [-0.15, -0.1) is 0 Å². The zero-order valence-corrected chi connectivity index (χ0v) is 12.7. The molecule has 7 nitrogen and oxygen atoms in total. The normalized spacial score (nSPS) is 10.3. The summed E-state index contributed by atoms with van der Waals surface area (Å²) in [5.74, 6) is 0.268. The summed E-state index contributed by atoms with van der Waals surface area (Å²) in [6.07, 6.45) is 3.04. The van der Waals surface area contributed by atoms with Crippen molar-refractivity contribution < 1.29 is 14.5 Å². The van der Waals surface area contributed by atoms with Gasteiger partial charge in [0.1, 0.15) is 12.4 Å². The molecule has 0 bridgehead atoms. The van der Waals surface area contributed by atoms with E-state index in [1.807, 2.05) is 0 Å². The summed E-state index contributed by atoms with van der Waals surface area (Å²) in [5.41, 5.74) is 3.45. The third-order valence-electron chi connectivity index (χ3n) is 2.97. The van der Waals surface area contributed by atoms with Gasteiger partial charge in [0.2, 0.25) is 0 Å². The van der Waals surface area contributed by atoms with Gasteiger partial charge in [-0.1, -0.05) is 12.7 Å². The summed E-state index contributed by atoms with van der Waals surface area (Å²) in [7, 11) is 0. The van der Waals surface area contributed by atoms with Gasteiger partial charge in [-0.3, -0.25) is 14.9 Å². The number of nitrogens with one attached hydrogen (secondary N) is 1. The largest absolute Gasteiger partial charge is 0.490 e. The SMILES string of the molecule is C=CCOc1ccc(C(=O)N/N=C/c2ccc([N+](=O)[O-])cc2)cc1. The molecule has 0 aromatic heterocycles. The van der Waals surface area contributed by atoms with Gasteiger partial charge < -0.3 is 4.74 Å². The minimum absolute atomic E-state index is 0.00468. The molecule has 0 aliphatic heterocycles. The summed E-state index contributed by atoms with van der Waals surface area (Å²) in [6, 6.07) is 12.4. The Morgan fingerprint density at radius 1 is 1.21 bits per heavy atom. The average molecular weight is 325 g/mol. The van der Waals surface area contributed by atoms with Crippen LogP contribution in [0.3, 0.4) is 0 Å². The van der Waals surface area contributed by atoms with Gasteiger partial charge in [0.05, 0.1) is 11.1 Å². The Hall–Kier alpha value is -3.48. The number of hydrazone groups is 1. The van der Waals surface area contributed by atoms with Crippen molar-refractivity contribution in [1.29, 1.82) is 0 Å². The molecule has 0 atom stereocenters. The van der Waals surface area contributed by atoms with Gasteiger partial charge in [0.25, 0.3) is 11.6 Å². The summed E-state index contributed by atoms with van der Waals surface area (Å²) in [5, 5.41) is 14.4. The second-order valence-electron chi connectivity index (χ2n) is 4.67. The van der Waals surface area contributed by atoms with Gasteiger partial charge >= 0.3 is 0 Å². The predicted octanol–water partition coefficient (Wildman–Crippen LogP) is 2.92. The molecule has 2 rings (SSSR count). The number of carbonyl (C=O) groups excluding carboxylic acids is 1. The first kappa shape index (κ1) is 16.9. The molecule has 0 aliphatic rings. The van der Waals surface area contributed by atoms with E-state index < -0.39 is 4.92 Å². The van der Waals surface area contributed by atoms with Gasteiger partial charge in [-0.2, -0.15) is 5.10 Å². The van der Waals surface area contributed by atoms with Gasteiger partial charge in [-0.05, 0) is 42.0 Å². The fourth-order valence-electron chi connectivity index (χ4n) is 1.77. The summed E-state index contributed by atoms with van der Waals surface area (Å²) in [4.78, 5) is 22.0. The highest BCUT2D eigenvalue weighted by Gasteiger charge is 2.05. The van der Waals surface area contributed by atoms with Crippen LogP contribution in [0.5, 0.6) is 5.75 Å². The summed E-state index contributed by atoms with van der Waals surface area (Å²) in [6.45, 7) is 3.95. The van der Waals surface area contributed by atoms with Crippen LogP contribution < -0.4 is 10.2 Å². The monoisotopic (exact) mass is 325 g/mol. The van der Waals surface area contributed by atoms with Crippen LogP contribution in [-0.2, 0) is 0 Å². The number of carbonyl (C=O) groups is 1. The van der Waals surface area contributed by atoms with Crippen LogP contribution in [0, 0.1) is 10.1 Å². The van der Waals surface area contributed by atoms with Crippen LogP contribution in [0.25, 0.3) is 0 Å². The van der Waals surface area contributed by atoms with E-state index in [0.29, 0.717) is 23.5 Å². The number of non-ortho nitro benzene ring substituents is 1. The Balaban J connectivity index is 1.92. The van der Waals surface area contributed by atoms with Crippen LogP contribution in [0.1, 0.15) is 15.9 Å². The summed E-state index contributed by atoms with van der Waals surface area (Å²) < 4.78 is 5.33. The van der Waals surface area contributed by atoms with Crippen molar-refractivity contribution in [2.75, 3.05) is 6.61 Å². The van der Waals surface area contributed by atoms with E-state index in [9.17, 15) is 14.9 Å². The molecule has 0 radical (unpaired) electrons. The topological polar surface area (TPSA) is 93.8 Å². The quantitative estimate of drug-likeness (QED) is 0.366. The Kier molecular flexibility index (Phi) is 5.79. The molecular weight excluding hydrogens is 310 g/mol. The van der Waals surface area contributed by atoms with Crippen LogP contribution in [-0.4, -0.2) is 23.7 Å². The van der Waals surface area contributed by atoms with Crippen molar-refractivity contribution >= 4 is 17.8 Å². The zero-order chi connectivity index (χ0) is 17.4. The van der Waals surface area contributed by atoms with Gasteiger partial charge in [0.15, 0.2) is 0 Å². The third-order valence-corrected chi connectivity index (χ3v) is 2.97. The number of hydrogen-bond acceptors (Lipinski definition) is 5. The molecule has 0 fully saturated rings. The molecule has 7 heteroatoms. The number of hydrogen-bond donors (Lipinski definition) is 1. The molecular formula is C17H15N3O4. The van der Waals surface area contributed by atoms with E-state index >= 15 is 0 Å². The van der Waals surface area contributed by atoms with E-state index in [1.165, 1.54) is 18.3 Å². The smallest absolute Gasteiger partial charge is 0.271 e. The molecule has 0 saturated carbocycles. The Labute approximate surface area is 138 Å². The number of amides is 1. The van der Waals surface area contributed by atoms with E-state index in [1.54, 1.807) is 42.5 Å². The Bertz CT molecular complexity index is 752. The molecule has 1 amide bonds. The maximum Gasteiger partial charge on any atom is 0.271 e. The van der Waals surface area contributed by atoms with Gasteiger partial charge in [0, 0.05) is 17.7 Å². The van der Waals surface area contributed by atoms with Crippen LogP contribution in [0.2, 0.25) is 0 Å². The summed E-state index contributed by atoms with van der Waals surface area (Å²) >= 11 is 0. The van der Waals surface area contributed by atoms with E-state index in [2.05, 4.69) is 17.1 Å². The van der Waals surface area contributed by atoms with Crippen molar-refractivity contribution in [2.24, 2.45) is 5.10 Å². The highest BCUT2D eigenvalue weighted by Crippen LogP contribution is 2.12. The highest BCUT2D eigenvalue weighted by molar-refractivity contribution is 5.95. The zero-order valence-electron chi connectivity index (χ0n) is 12.7. The molecule has 2 aromatic rings. The first-order valence-electron chi connectivity index (χ1n) is 7.02. The molecule has 0 spiro atoms. The van der Waals surface area contributed by atoms with Crippen molar-refractivity contribution in [1.82, 2.24) is 5.43 Å². The van der Waals surface area contributed by atoms with Crippen LogP contribution in [0.4, 0.5) is 5.69 Å². The third kappa shape index (κ3) is 4.77. The first-order valence-corrected chi connectivity index (χ1v) is 7.02. The van der Waals surface area contributed by atoms with Crippen LogP contribution >= 0.6 is 0 Å². The van der Waals surface area contributed by atoms with Gasteiger partial charge in [-0.25, -0.2) is 5.43 Å². The minimum Gasteiger partial charge on any atom is -0.490 e. The highest BCUT2D eigenvalue weighted by atomic mass is 16.6. The second kappa shape index (κ2) is 8.23. The van der Waals surface area contributed by atoms with Crippen molar-refractivity contribution in [3.8, 4) is 5.75 Å². The molecule has 2 aromatic carbocycles. The number of nitro groups is 1. The lowest BCUT2D eigenvalue weighted by Crippen LogP contribution is -2.17.